The minimum atomic E-state index is -1.03. The number of carbonyl (C=O) groups excluding carboxylic acids is 1. The van der Waals surface area contributed by atoms with Crippen LogP contribution in [0.5, 0.6) is 5.75 Å². The Kier molecular flexibility index (Phi) is 6.56. The summed E-state index contributed by atoms with van der Waals surface area (Å²) >= 11 is 0. The second-order valence-corrected chi connectivity index (χ2v) is 4.52. The van der Waals surface area contributed by atoms with Gasteiger partial charge in [0.15, 0.2) is 0 Å². The van der Waals surface area contributed by atoms with Gasteiger partial charge in [-0.2, -0.15) is 0 Å². The van der Waals surface area contributed by atoms with Gasteiger partial charge in [-0.25, -0.2) is 4.79 Å². The zero-order valence-electron chi connectivity index (χ0n) is 11.9. The molecule has 0 aliphatic heterocycles. The third-order valence-electron chi connectivity index (χ3n) is 2.72. The van der Waals surface area contributed by atoms with Crippen molar-refractivity contribution >= 4 is 17.6 Å². The van der Waals surface area contributed by atoms with Crippen molar-refractivity contribution in [2.45, 2.75) is 39.5 Å². The number of anilines is 1. The van der Waals surface area contributed by atoms with Crippen molar-refractivity contribution in [1.29, 1.82) is 0 Å². The first-order chi connectivity index (χ1) is 9.58. The van der Waals surface area contributed by atoms with Gasteiger partial charge in [0, 0.05) is 6.42 Å². The number of ether oxygens (including phenoxy) is 1. The molecule has 0 aromatic heterocycles. The maximum absolute atomic E-state index is 11.8. The molecule has 20 heavy (non-hydrogen) atoms. The summed E-state index contributed by atoms with van der Waals surface area (Å²) < 4.78 is 5.52. The number of nitrogens with one attached hydrogen (secondary N) is 1. The highest BCUT2D eigenvalue weighted by Crippen LogP contribution is 2.26. The van der Waals surface area contributed by atoms with Gasteiger partial charge in [0.25, 0.3) is 0 Å². The van der Waals surface area contributed by atoms with Gasteiger partial charge in [0.05, 0.1) is 17.9 Å². The summed E-state index contributed by atoms with van der Waals surface area (Å²) in [5.41, 5.74) is 0.541. The SMILES string of the molecule is CCCCC(=O)Nc1cc(C(=O)O)ccc1OCCC. The van der Waals surface area contributed by atoms with E-state index in [-0.39, 0.29) is 11.5 Å². The van der Waals surface area contributed by atoms with Crippen LogP contribution >= 0.6 is 0 Å². The van der Waals surface area contributed by atoms with Crippen molar-refractivity contribution < 1.29 is 19.4 Å². The standard InChI is InChI=1S/C15H21NO4/c1-3-5-6-14(17)16-12-10-11(15(18)19)7-8-13(12)20-9-4-2/h7-8,10H,3-6,9H2,1-2H3,(H,16,17)(H,18,19). The van der Waals surface area contributed by atoms with Crippen molar-refractivity contribution in [2.24, 2.45) is 0 Å². The molecule has 2 N–H and O–H groups in total. The Balaban J connectivity index is 2.89. The van der Waals surface area contributed by atoms with Crippen LogP contribution in [0, 0.1) is 0 Å². The van der Waals surface area contributed by atoms with Crippen molar-refractivity contribution in [2.75, 3.05) is 11.9 Å². The Morgan fingerprint density at radius 2 is 2.00 bits per heavy atom. The van der Waals surface area contributed by atoms with Crippen molar-refractivity contribution in [1.82, 2.24) is 0 Å². The quantitative estimate of drug-likeness (QED) is 0.765. The van der Waals surface area contributed by atoms with Gasteiger partial charge in [0.2, 0.25) is 5.91 Å². The zero-order chi connectivity index (χ0) is 15.0. The predicted molar refractivity (Wildman–Crippen MR) is 77.3 cm³/mol. The lowest BCUT2D eigenvalue weighted by atomic mass is 10.1. The molecule has 0 unspecified atom stereocenters. The largest absolute Gasteiger partial charge is 0.491 e. The molecule has 5 nitrogen and oxygen atoms in total. The third-order valence-corrected chi connectivity index (χ3v) is 2.72. The molecular weight excluding hydrogens is 258 g/mol. The van der Waals surface area contributed by atoms with E-state index in [9.17, 15) is 9.59 Å². The topological polar surface area (TPSA) is 75.6 Å². The van der Waals surface area contributed by atoms with E-state index in [1.165, 1.54) is 12.1 Å². The fourth-order valence-corrected chi connectivity index (χ4v) is 1.65. The Labute approximate surface area is 118 Å². The van der Waals surface area contributed by atoms with Crippen molar-refractivity contribution in [3.05, 3.63) is 23.8 Å². The number of carboxylic acids is 1. The van der Waals surface area contributed by atoms with E-state index >= 15 is 0 Å². The summed E-state index contributed by atoms with van der Waals surface area (Å²) in [6.45, 7) is 4.50. The maximum atomic E-state index is 11.8. The minimum absolute atomic E-state index is 0.125. The molecular formula is C15H21NO4. The van der Waals surface area contributed by atoms with Gasteiger partial charge in [-0.1, -0.05) is 20.3 Å². The third kappa shape index (κ3) is 4.91. The fraction of sp³-hybridized carbons (Fsp3) is 0.467. The van der Waals surface area contributed by atoms with Crippen LogP contribution in [0.2, 0.25) is 0 Å². The van der Waals surface area contributed by atoms with E-state index in [0.717, 1.165) is 19.3 Å². The van der Waals surface area contributed by atoms with Gasteiger partial charge in [-0.3, -0.25) is 4.79 Å². The molecule has 5 heteroatoms. The van der Waals surface area contributed by atoms with E-state index in [1.54, 1.807) is 6.07 Å². The number of hydrogen-bond donors (Lipinski definition) is 2. The average Bonchev–Trinajstić information content (AvgIpc) is 2.43. The number of benzene rings is 1. The van der Waals surface area contributed by atoms with Crippen LogP contribution in [-0.2, 0) is 4.79 Å². The molecule has 0 aliphatic rings. The van der Waals surface area contributed by atoms with Crippen molar-refractivity contribution in [3.63, 3.8) is 0 Å². The van der Waals surface area contributed by atoms with E-state index in [4.69, 9.17) is 9.84 Å². The molecule has 0 spiro atoms. The first kappa shape index (κ1) is 16.0. The van der Waals surface area contributed by atoms with Crippen LogP contribution in [0.1, 0.15) is 49.9 Å². The number of carboxylic acid groups (broad SMARTS) is 1. The van der Waals surface area contributed by atoms with Crippen LogP contribution in [-0.4, -0.2) is 23.6 Å². The van der Waals surface area contributed by atoms with Crippen molar-refractivity contribution in [3.8, 4) is 5.75 Å². The molecule has 0 bridgehead atoms. The van der Waals surface area contributed by atoms with Gasteiger partial charge in [0.1, 0.15) is 5.75 Å². The number of carbonyl (C=O) groups is 2. The first-order valence-corrected chi connectivity index (χ1v) is 6.88. The molecule has 110 valence electrons. The van der Waals surface area contributed by atoms with Gasteiger partial charge >= 0.3 is 5.97 Å². The lowest BCUT2D eigenvalue weighted by Crippen LogP contribution is -2.13. The zero-order valence-corrected chi connectivity index (χ0v) is 11.9. The summed E-state index contributed by atoms with van der Waals surface area (Å²) in [5.74, 6) is -0.659. The maximum Gasteiger partial charge on any atom is 0.335 e. The molecule has 1 amide bonds. The van der Waals surface area contributed by atoms with Crippen LogP contribution in [0.3, 0.4) is 0 Å². The summed E-state index contributed by atoms with van der Waals surface area (Å²) in [4.78, 5) is 22.7. The van der Waals surface area contributed by atoms with Crippen LogP contribution in [0.25, 0.3) is 0 Å². The van der Waals surface area contributed by atoms with Gasteiger partial charge in [-0.05, 0) is 31.0 Å². The number of unbranched alkanes of at least 4 members (excludes halogenated alkanes) is 1. The molecule has 0 heterocycles. The lowest BCUT2D eigenvalue weighted by Gasteiger charge is -2.13. The molecule has 1 aromatic rings. The second-order valence-electron chi connectivity index (χ2n) is 4.52. The molecule has 0 saturated heterocycles. The van der Waals surface area contributed by atoms with Crippen LogP contribution in [0.4, 0.5) is 5.69 Å². The number of amides is 1. The number of aromatic carboxylic acids is 1. The van der Waals surface area contributed by atoms with Gasteiger partial charge in [-0.15, -0.1) is 0 Å². The van der Waals surface area contributed by atoms with Gasteiger partial charge < -0.3 is 15.2 Å². The monoisotopic (exact) mass is 279 g/mol. The molecule has 1 rings (SSSR count). The fourth-order valence-electron chi connectivity index (χ4n) is 1.65. The predicted octanol–water partition coefficient (Wildman–Crippen LogP) is 3.30. The molecule has 0 fully saturated rings. The Morgan fingerprint density at radius 3 is 2.60 bits per heavy atom. The van der Waals surface area contributed by atoms with Crippen LogP contribution < -0.4 is 10.1 Å². The highest BCUT2D eigenvalue weighted by atomic mass is 16.5. The summed E-state index contributed by atoms with van der Waals surface area (Å²) in [6, 6.07) is 4.47. The molecule has 0 atom stereocenters. The molecule has 0 radical (unpaired) electrons. The average molecular weight is 279 g/mol. The van der Waals surface area contributed by atoms with E-state index in [0.29, 0.717) is 24.5 Å². The summed E-state index contributed by atoms with van der Waals surface area (Å²) in [7, 11) is 0. The summed E-state index contributed by atoms with van der Waals surface area (Å²) in [6.07, 6.45) is 2.99. The first-order valence-electron chi connectivity index (χ1n) is 6.88. The molecule has 0 saturated carbocycles. The van der Waals surface area contributed by atoms with E-state index in [2.05, 4.69) is 5.32 Å². The Morgan fingerprint density at radius 1 is 1.25 bits per heavy atom. The number of rotatable bonds is 8. The Hall–Kier alpha value is -2.04. The second kappa shape index (κ2) is 8.19. The normalized spacial score (nSPS) is 10.1. The van der Waals surface area contributed by atoms with E-state index < -0.39 is 5.97 Å². The highest BCUT2D eigenvalue weighted by Gasteiger charge is 2.12. The molecule has 0 aliphatic carbocycles. The minimum Gasteiger partial charge on any atom is -0.491 e. The Bertz CT molecular complexity index is 471. The highest BCUT2D eigenvalue weighted by molar-refractivity contribution is 5.95. The smallest absolute Gasteiger partial charge is 0.335 e. The number of hydrogen-bond acceptors (Lipinski definition) is 3. The summed E-state index contributed by atoms with van der Waals surface area (Å²) in [5, 5.41) is 11.7. The van der Waals surface area contributed by atoms with E-state index in [1.807, 2.05) is 13.8 Å². The van der Waals surface area contributed by atoms with Crippen LogP contribution in [0.15, 0.2) is 18.2 Å². The lowest BCUT2D eigenvalue weighted by molar-refractivity contribution is -0.116. The molecule has 1 aromatic carbocycles.